The van der Waals surface area contributed by atoms with E-state index in [0.29, 0.717) is 19.2 Å². The predicted molar refractivity (Wildman–Crippen MR) is 131 cm³/mol. The number of aliphatic imine (C=N–C) groups is 1. The number of rotatable bonds is 8. The van der Waals surface area contributed by atoms with E-state index in [9.17, 15) is 4.39 Å². The van der Waals surface area contributed by atoms with Crippen molar-refractivity contribution in [2.45, 2.75) is 25.4 Å². The smallest absolute Gasteiger partial charge is 0.191 e. The van der Waals surface area contributed by atoms with Crippen LogP contribution in [-0.2, 0) is 6.54 Å². The van der Waals surface area contributed by atoms with Gasteiger partial charge in [0.05, 0.1) is 19.9 Å². The Hall–Kier alpha value is -2.14. The van der Waals surface area contributed by atoms with Gasteiger partial charge in [-0.25, -0.2) is 4.39 Å². The molecule has 2 aromatic rings. The summed E-state index contributed by atoms with van der Waals surface area (Å²) in [6, 6.07) is 9.26. The van der Waals surface area contributed by atoms with Crippen molar-refractivity contribution in [3.8, 4) is 11.5 Å². The highest BCUT2D eigenvalue weighted by Crippen LogP contribution is 2.20. The fourth-order valence-electron chi connectivity index (χ4n) is 3.46. The summed E-state index contributed by atoms with van der Waals surface area (Å²) in [5.41, 5.74) is 0.964. The number of nitrogens with zero attached hydrogens (tertiary/aromatic N) is 3. The molecular formula is C22H31FIN5O2. The van der Waals surface area contributed by atoms with Crippen LogP contribution in [0.25, 0.3) is 0 Å². The SMILES string of the molecule is CN=C(NCCOc1cccnc1)NC1CCN(Cc2ccc(OC)c(F)c2)CC1.I. The first-order valence-electron chi connectivity index (χ1n) is 10.2. The number of methoxy groups -OCH3 is 1. The monoisotopic (exact) mass is 543 g/mol. The molecule has 1 aromatic heterocycles. The highest BCUT2D eigenvalue weighted by Gasteiger charge is 2.20. The van der Waals surface area contributed by atoms with E-state index in [4.69, 9.17) is 9.47 Å². The van der Waals surface area contributed by atoms with Crippen molar-refractivity contribution in [1.82, 2.24) is 20.5 Å². The van der Waals surface area contributed by atoms with Gasteiger partial charge < -0.3 is 20.1 Å². The quantitative estimate of drug-likeness (QED) is 0.231. The van der Waals surface area contributed by atoms with Crippen LogP contribution in [0.5, 0.6) is 11.5 Å². The lowest BCUT2D eigenvalue weighted by molar-refractivity contribution is 0.198. The Morgan fingerprint density at radius 2 is 2.10 bits per heavy atom. The fraction of sp³-hybridized carbons (Fsp3) is 0.455. The van der Waals surface area contributed by atoms with Crippen molar-refractivity contribution in [1.29, 1.82) is 0 Å². The summed E-state index contributed by atoms with van der Waals surface area (Å²) in [7, 11) is 3.25. The number of guanidine groups is 1. The molecular weight excluding hydrogens is 512 g/mol. The number of nitrogens with one attached hydrogen (secondary N) is 2. The zero-order chi connectivity index (χ0) is 21.2. The van der Waals surface area contributed by atoms with Gasteiger partial charge in [-0.1, -0.05) is 6.07 Å². The summed E-state index contributed by atoms with van der Waals surface area (Å²) in [5.74, 6) is 1.51. The van der Waals surface area contributed by atoms with Crippen LogP contribution in [0.15, 0.2) is 47.7 Å². The third-order valence-electron chi connectivity index (χ3n) is 5.07. The van der Waals surface area contributed by atoms with Crippen LogP contribution in [0.1, 0.15) is 18.4 Å². The Labute approximate surface area is 200 Å². The van der Waals surface area contributed by atoms with Crippen molar-refractivity contribution >= 4 is 29.9 Å². The van der Waals surface area contributed by atoms with E-state index in [1.54, 1.807) is 31.6 Å². The topological polar surface area (TPSA) is 71.0 Å². The normalized spacial score (nSPS) is 15.1. The Balaban J connectivity index is 0.00000341. The van der Waals surface area contributed by atoms with Gasteiger partial charge in [0.2, 0.25) is 0 Å². The highest BCUT2D eigenvalue weighted by atomic mass is 127. The predicted octanol–water partition coefficient (Wildman–Crippen LogP) is 3.06. The first-order chi connectivity index (χ1) is 14.7. The van der Waals surface area contributed by atoms with Gasteiger partial charge in [0.1, 0.15) is 12.4 Å². The maximum atomic E-state index is 13.9. The molecule has 0 radical (unpaired) electrons. The number of hydrogen-bond acceptors (Lipinski definition) is 5. The summed E-state index contributed by atoms with van der Waals surface area (Å²) in [4.78, 5) is 10.7. The van der Waals surface area contributed by atoms with Gasteiger partial charge in [-0.05, 0) is 42.7 Å². The zero-order valence-electron chi connectivity index (χ0n) is 18.0. The molecule has 1 saturated heterocycles. The van der Waals surface area contributed by atoms with Crippen LogP contribution >= 0.6 is 24.0 Å². The maximum absolute atomic E-state index is 13.9. The van der Waals surface area contributed by atoms with Gasteiger partial charge in [0, 0.05) is 38.9 Å². The number of hydrogen-bond donors (Lipinski definition) is 2. The van der Waals surface area contributed by atoms with E-state index in [1.807, 2.05) is 18.2 Å². The molecule has 1 aromatic carbocycles. The number of benzene rings is 1. The molecule has 2 N–H and O–H groups in total. The van der Waals surface area contributed by atoms with E-state index in [-0.39, 0.29) is 35.5 Å². The fourth-order valence-corrected chi connectivity index (χ4v) is 3.46. The second-order valence-corrected chi connectivity index (χ2v) is 7.20. The highest BCUT2D eigenvalue weighted by molar-refractivity contribution is 14.0. The number of halogens is 2. The van der Waals surface area contributed by atoms with Crippen LogP contribution in [0.2, 0.25) is 0 Å². The van der Waals surface area contributed by atoms with Crippen LogP contribution < -0.4 is 20.1 Å². The third kappa shape index (κ3) is 8.13. The molecule has 9 heteroatoms. The minimum absolute atomic E-state index is 0. The first kappa shape index (κ1) is 25.1. The van der Waals surface area contributed by atoms with Gasteiger partial charge in [-0.2, -0.15) is 0 Å². The van der Waals surface area contributed by atoms with E-state index in [0.717, 1.165) is 49.7 Å². The standard InChI is InChI=1S/C22H30FN5O2.HI/c1-24-22(26-10-13-30-19-4-3-9-25-15-19)27-18-7-11-28(12-8-18)16-17-5-6-21(29-2)20(23)14-17;/h3-6,9,14-15,18H,7-8,10-13,16H2,1-2H3,(H2,24,26,27);1H. The molecule has 0 unspecified atom stereocenters. The first-order valence-corrected chi connectivity index (χ1v) is 10.2. The summed E-state index contributed by atoms with van der Waals surface area (Å²) in [6.07, 6.45) is 5.43. The van der Waals surface area contributed by atoms with Gasteiger partial charge in [0.25, 0.3) is 0 Å². The molecule has 0 spiro atoms. The second kappa shape index (κ2) is 13.3. The average Bonchev–Trinajstić information content (AvgIpc) is 2.78. The summed E-state index contributed by atoms with van der Waals surface area (Å²) >= 11 is 0. The third-order valence-corrected chi connectivity index (χ3v) is 5.07. The number of aromatic nitrogens is 1. The van der Waals surface area contributed by atoms with Gasteiger partial charge in [0.15, 0.2) is 17.5 Å². The molecule has 0 saturated carbocycles. The van der Waals surface area contributed by atoms with Crippen molar-refractivity contribution in [2.24, 2.45) is 4.99 Å². The summed E-state index contributed by atoms with van der Waals surface area (Å²) < 4.78 is 24.5. The van der Waals surface area contributed by atoms with Crippen LogP contribution in [0.3, 0.4) is 0 Å². The molecule has 7 nitrogen and oxygen atoms in total. The number of piperidine rings is 1. The van der Waals surface area contributed by atoms with Crippen molar-refractivity contribution in [3.05, 3.63) is 54.1 Å². The number of pyridine rings is 1. The second-order valence-electron chi connectivity index (χ2n) is 7.20. The molecule has 2 heterocycles. The Kier molecular flexibility index (Phi) is 10.8. The molecule has 0 atom stereocenters. The Bertz CT molecular complexity index is 817. The van der Waals surface area contributed by atoms with Gasteiger partial charge in [-0.15, -0.1) is 24.0 Å². The zero-order valence-corrected chi connectivity index (χ0v) is 20.3. The van der Waals surface area contributed by atoms with Gasteiger partial charge >= 0.3 is 0 Å². The minimum Gasteiger partial charge on any atom is -0.494 e. The molecule has 0 bridgehead atoms. The molecule has 3 rings (SSSR count). The summed E-state index contributed by atoms with van der Waals surface area (Å²) in [5, 5.41) is 6.76. The molecule has 0 amide bonds. The average molecular weight is 543 g/mol. The van der Waals surface area contributed by atoms with E-state index >= 15 is 0 Å². The van der Waals surface area contributed by atoms with Crippen molar-refractivity contribution in [2.75, 3.05) is 40.4 Å². The molecule has 1 aliphatic rings. The lowest BCUT2D eigenvalue weighted by Crippen LogP contribution is -2.49. The van der Waals surface area contributed by atoms with E-state index < -0.39 is 0 Å². The molecule has 0 aliphatic carbocycles. The lowest BCUT2D eigenvalue weighted by atomic mass is 10.0. The van der Waals surface area contributed by atoms with Crippen molar-refractivity contribution in [3.63, 3.8) is 0 Å². The van der Waals surface area contributed by atoms with Crippen LogP contribution in [0, 0.1) is 5.82 Å². The number of ether oxygens (including phenoxy) is 2. The van der Waals surface area contributed by atoms with E-state index in [2.05, 4.69) is 25.5 Å². The van der Waals surface area contributed by atoms with E-state index in [1.165, 1.54) is 7.11 Å². The van der Waals surface area contributed by atoms with Gasteiger partial charge in [-0.3, -0.25) is 14.9 Å². The van der Waals surface area contributed by atoms with Crippen molar-refractivity contribution < 1.29 is 13.9 Å². The van der Waals surface area contributed by atoms with Crippen LogP contribution in [0.4, 0.5) is 4.39 Å². The Morgan fingerprint density at radius 3 is 2.74 bits per heavy atom. The number of likely N-dealkylation sites (tertiary alicyclic amines) is 1. The Morgan fingerprint density at radius 1 is 1.29 bits per heavy atom. The molecule has 170 valence electrons. The maximum Gasteiger partial charge on any atom is 0.191 e. The minimum atomic E-state index is -0.311. The largest absolute Gasteiger partial charge is 0.494 e. The summed E-state index contributed by atoms with van der Waals surface area (Å²) in [6.45, 7) is 3.82. The molecule has 1 fully saturated rings. The molecule has 1 aliphatic heterocycles. The molecule has 31 heavy (non-hydrogen) atoms. The lowest BCUT2D eigenvalue weighted by Gasteiger charge is -2.33. The van der Waals surface area contributed by atoms with Crippen LogP contribution in [-0.4, -0.2) is 62.3 Å².